The summed E-state index contributed by atoms with van der Waals surface area (Å²) < 4.78 is 0. The highest BCUT2D eigenvalue weighted by atomic mass is 14.7. The van der Waals surface area contributed by atoms with Crippen molar-refractivity contribution in [3.05, 3.63) is 89.1 Å². The summed E-state index contributed by atoms with van der Waals surface area (Å²) in [6.45, 7) is 2.15. The van der Waals surface area contributed by atoms with Crippen molar-refractivity contribution in [3.63, 3.8) is 0 Å². The molecule has 1 heteroatoms. The molecule has 0 aliphatic heterocycles. The number of nitrogens with zero attached hydrogens (tertiary/aromatic N) is 1. The molecule has 5 rings (SSSR count). The summed E-state index contributed by atoms with van der Waals surface area (Å²) in [6.07, 6.45) is 3.37. The third kappa shape index (κ3) is 2.60. The number of hydrogen-bond donors (Lipinski definition) is 0. The zero-order chi connectivity index (χ0) is 16.8. The first-order valence-corrected chi connectivity index (χ1v) is 9.14. The van der Waals surface area contributed by atoms with Crippen molar-refractivity contribution in [3.8, 4) is 0 Å². The van der Waals surface area contributed by atoms with Crippen LogP contribution < -0.4 is 0 Å². The van der Waals surface area contributed by atoms with E-state index in [2.05, 4.69) is 73.7 Å². The van der Waals surface area contributed by atoms with Gasteiger partial charge >= 0.3 is 0 Å². The fraction of sp³-hybridized carbons (Fsp3) is 0.208. The summed E-state index contributed by atoms with van der Waals surface area (Å²) in [5.74, 6) is 0.598. The molecule has 0 unspecified atom stereocenters. The summed E-state index contributed by atoms with van der Waals surface area (Å²) in [7, 11) is 0. The molecule has 0 spiro atoms. The van der Waals surface area contributed by atoms with Gasteiger partial charge in [0.1, 0.15) is 0 Å². The normalized spacial score (nSPS) is 16.9. The lowest BCUT2D eigenvalue weighted by atomic mass is 9.81. The van der Waals surface area contributed by atoms with E-state index < -0.39 is 0 Å². The summed E-state index contributed by atoms with van der Waals surface area (Å²) in [5, 5.41) is 3.95. The Labute approximate surface area is 148 Å². The average molecular weight is 323 g/mol. The molecule has 0 fully saturated rings. The van der Waals surface area contributed by atoms with Crippen LogP contribution in [0.2, 0.25) is 0 Å². The van der Waals surface area contributed by atoms with Gasteiger partial charge in [-0.05, 0) is 72.2 Å². The lowest BCUT2D eigenvalue weighted by Crippen LogP contribution is -2.14. The van der Waals surface area contributed by atoms with Crippen molar-refractivity contribution in [1.82, 2.24) is 4.98 Å². The van der Waals surface area contributed by atoms with Crippen molar-refractivity contribution >= 4 is 21.7 Å². The van der Waals surface area contributed by atoms with E-state index in [0.29, 0.717) is 5.92 Å². The SMILES string of the molecule is Cc1ccc2nc3c(cc2c1)C[C@H](c1ccc2ccccc2c1)CC3. The van der Waals surface area contributed by atoms with Crippen molar-refractivity contribution in [1.29, 1.82) is 0 Å². The lowest BCUT2D eigenvalue weighted by molar-refractivity contribution is 0.577. The van der Waals surface area contributed by atoms with Crippen molar-refractivity contribution in [2.45, 2.75) is 32.1 Å². The highest BCUT2D eigenvalue weighted by Gasteiger charge is 2.21. The molecule has 122 valence electrons. The minimum atomic E-state index is 0.598. The van der Waals surface area contributed by atoms with Gasteiger partial charge in [-0.3, -0.25) is 4.98 Å². The van der Waals surface area contributed by atoms with E-state index in [1.807, 2.05) is 0 Å². The molecule has 1 aromatic heterocycles. The maximum Gasteiger partial charge on any atom is 0.0705 e. The van der Waals surface area contributed by atoms with E-state index in [-0.39, 0.29) is 0 Å². The highest BCUT2D eigenvalue weighted by molar-refractivity contribution is 5.83. The van der Waals surface area contributed by atoms with Crippen LogP contribution in [0.25, 0.3) is 21.7 Å². The first-order chi connectivity index (χ1) is 12.3. The third-order valence-corrected chi connectivity index (χ3v) is 5.58. The van der Waals surface area contributed by atoms with Crippen LogP contribution in [0.15, 0.2) is 66.7 Å². The predicted octanol–water partition coefficient (Wildman–Crippen LogP) is 5.97. The van der Waals surface area contributed by atoms with Crippen LogP contribution >= 0.6 is 0 Å². The largest absolute Gasteiger partial charge is 0.253 e. The Morgan fingerprint density at radius 3 is 2.64 bits per heavy atom. The molecule has 1 atom stereocenters. The molecular formula is C24H21N. The number of aryl methyl sites for hydroxylation is 2. The number of benzene rings is 3. The molecule has 3 aromatic carbocycles. The van der Waals surface area contributed by atoms with E-state index in [1.54, 1.807) is 0 Å². The van der Waals surface area contributed by atoms with Gasteiger partial charge in [-0.25, -0.2) is 0 Å². The molecule has 0 amide bonds. The minimum absolute atomic E-state index is 0.598. The average Bonchev–Trinajstić information content (AvgIpc) is 2.65. The van der Waals surface area contributed by atoms with Gasteiger partial charge in [0.25, 0.3) is 0 Å². The number of hydrogen-bond acceptors (Lipinski definition) is 1. The molecule has 0 saturated carbocycles. The van der Waals surface area contributed by atoms with Crippen LogP contribution in [-0.4, -0.2) is 4.98 Å². The smallest absolute Gasteiger partial charge is 0.0705 e. The van der Waals surface area contributed by atoms with E-state index >= 15 is 0 Å². The molecule has 1 nitrogen and oxygen atoms in total. The van der Waals surface area contributed by atoms with Gasteiger partial charge in [-0.15, -0.1) is 0 Å². The zero-order valence-corrected chi connectivity index (χ0v) is 14.5. The second-order valence-electron chi connectivity index (χ2n) is 7.34. The maximum atomic E-state index is 4.93. The van der Waals surface area contributed by atoms with Gasteiger partial charge in [0, 0.05) is 11.1 Å². The van der Waals surface area contributed by atoms with Crippen molar-refractivity contribution in [2.75, 3.05) is 0 Å². The quantitative estimate of drug-likeness (QED) is 0.420. The number of fused-ring (bicyclic) bond motifs is 3. The second-order valence-corrected chi connectivity index (χ2v) is 7.34. The molecule has 0 N–H and O–H groups in total. The maximum absolute atomic E-state index is 4.93. The molecule has 4 aromatic rings. The van der Waals surface area contributed by atoms with E-state index in [0.717, 1.165) is 18.4 Å². The van der Waals surface area contributed by atoms with Crippen LogP contribution in [-0.2, 0) is 12.8 Å². The molecule has 1 aliphatic rings. The Hall–Kier alpha value is -2.67. The molecule has 0 bridgehead atoms. The number of aromatic nitrogens is 1. The molecule has 1 heterocycles. The molecule has 1 aliphatic carbocycles. The lowest BCUT2D eigenvalue weighted by Gasteiger charge is -2.25. The summed E-state index contributed by atoms with van der Waals surface area (Å²) in [6, 6.07) is 24.5. The monoisotopic (exact) mass is 323 g/mol. The number of rotatable bonds is 1. The van der Waals surface area contributed by atoms with Gasteiger partial charge < -0.3 is 0 Å². The first-order valence-electron chi connectivity index (χ1n) is 9.14. The van der Waals surface area contributed by atoms with Gasteiger partial charge in [-0.2, -0.15) is 0 Å². The Morgan fingerprint density at radius 1 is 0.840 bits per heavy atom. The van der Waals surface area contributed by atoms with Gasteiger partial charge in [0.2, 0.25) is 0 Å². The third-order valence-electron chi connectivity index (χ3n) is 5.58. The summed E-state index contributed by atoms with van der Waals surface area (Å²) >= 11 is 0. The predicted molar refractivity (Wildman–Crippen MR) is 105 cm³/mol. The molecule has 0 saturated heterocycles. The second kappa shape index (κ2) is 5.70. The first kappa shape index (κ1) is 14.7. The standard InChI is InChI=1S/C24H21N/c1-16-6-10-23-21(12-16)15-22-14-20(9-11-24(22)25-23)19-8-7-17-4-2-3-5-18(17)13-19/h2-8,10,12-13,15,20H,9,11,14H2,1H3/t20-/m1/s1. The van der Waals surface area contributed by atoms with E-state index in [4.69, 9.17) is 4.98 Å². The summed E-state index contributed by atoms with van der Waals surface area (Å²) in [5.41, 5.74) is 6.63. The van der Waals surface area contributed by atoms with Gasteiger partial charge in [0.05, 0.1) is 5.52 Å². The molecule has 0 radical (unpaired) electrons. The van der Waals surface area contributed by atoms with Crippen molar-refractivity contribution < 1.29 is 0 Å². The molecular weight excluding hydrogens is 302 g/mol. The van der Waals surface area contributed by atoms with Gasteiger partial charge in [-0.1, -0.05) is 54.1 Å². The Morgan fingerprint density at radius 2 is 1.72 bits per heavy atom. The Bertz CT molecular complexity index is 1090. The van der Waals surface area contributed by atoms with Crippen molar-refractivity contribution in [2.24, 2.45) is 0 Å². The fourth-order valence-electron chi connectivity index (χ4n) is 4.20. The van der Waals surface area contributed by atoms with E-state index in [9.17, 15) is 0 Å². The zero-order valence-electron chi connectivity index (χ0n) is 14.5. The number of pyridine rings is 1. The van der Waals surface area contributed by atoms with E-state index in [1.165, 1.54) is 45.0 Å². The molecule has 25 heavy (non-hydrogen) atoms. The van der Waals surface area contributed by atoms with Crippen LogP contribution in [0, 0.1) is 6.92 Å². The topological polar surface area (TPSA) is 12.9 Å². The van der Waals surface area contributed by atoms with Gasteiger partial charge in [0.15, 0.2) is 0 Å². The minimum Gasteiger partial charge on any atom is -0.253 e. The van der Waals surface area contributed by atoms with Crippen LogP contribution in [0.4, 0.5) is 0 Å². The fourth-order valence-corrected chi connectivity index (χ4v) is 4.20. The summed E-state index contributed by atoms with van der Waals surface area (Å²) in [4.78, 5) is 4.93. The van der Waals surface area contributed by atoms with Crippen LogP contribution in [0.5, 0.6) is 0 Å². The van der Waals surface area contributed by atoms with Crippen LogP contribution in [0.3, 0.4) is 0 Å². The Kier molecular flexibility index (Phi) is 3.34. The van der Waals surface area contributed by atoms with Crippen LogP contribution in [0.1, 0.15) is 34.7 Å². The Balaban J connectivity index is 1.53. The highest BCUT2D eigenvalue weighted by Crippen LogP contribution is 2.34.